The number of para-hydroxylation sites is 1. The van der Waals surface area contributed by atoms with Crippen molar-refractivity contribution in [3.63, 3.8) is 0 Å². The minimum absolute atomic E-state index is 0.211. The van der Waals surface area contributed by atoms with E-state index in [1.54, 1.807) is 18.3 Å². The molecule has 0 radical (unpaired) electrons. The van der Waals surface area contributed by atoms with Crippen LogP contribution in [0.4, 0.5) is 5.69 Å². The Labute approximate surface area is 93.3 Å². The summed E-state index contributed by atoms with van der Waals surface area (Å²) in [6, 6.07) is 12.8. The van der Waals surface area contributed by atoms with Crippen LogP contribution < -0.4 is 10.9 Å². The van der Waals surface area contributed by atoms with Gasteiger partial charge in [-0.05, 0) is 24.3 Å². The molecule has 4 nitrogen and oxygen atoms in total. The second-order valence-electron chi connectivity index (χ2n) is 3.19. The zero-order valence-corrected chi connectivity index (χ0v) is 8.55. The van der Waals surface area contributed by atoms with E-state index in [-0.39, 0.29) is 5.91 Å². The molecule has 80 valence electrons. The predicted molar refractivity (Wildman–Crippen MR) is 61.8 cm³/mol. The van der Waals surface area contributed by atoms with Gasteiger partial charge in [-0.1, -0.05) is 18.2 Å². The van der Waals surface area contributed by atoms with E-state index in [1.807, 2.05) is 30.3 Å². The van der Waals surface area contributed by atoms with Crippen LogP contribution in [0.3, 0.4) is 0 Å². The molecule has 0 fully saturated rings. The van der Waals surface area contributed by atoms with Crippen LogP contribution in [0.15, 0.2) is 54.9 Å². The van der Waals surface area contributed by atoms with Crippen LogP contribution in [0.2, 0.25) is 0 Å². The highest BCUT2D eigenvalue weighted by atomic mass is 16.2. The first-order chi connectivity index (χ1) is 7.86. The lowest BCUT2D eigenvalue weighted by Gasteiger charge is -2.07. The average Bonchev–Trinajstić information content (AvgIpc) is 2.38. The molecule has 0 atom stereocenters. The molecule has 0 saturated carbocycles. The Morgan fingerprint density at radius 2 is 1.88 bits per heavy atom. The van der Waals surface area contributed by atoms with Crippen molar-refractivity contribution >= 4 is 11.6 Å². The second kappa shape index (κ2) is 4.93. The summed E-state index contributed by atoms with van der Waals surface area (Å²) >= 11 is 0. The summed E-state index contributed by atoms with van der Waals surface area (Å²) in [5.41, 5.74) is 6.75. The molecule has 2 rings (SSSR count). The molecule has 0 aliphatic rings. The van der Waals surface area contributed by atoms with E-state index in [2.05, 4.69) is 15.8 Å². The van der Waals surface area contributed by atoms with Gasteiger partial charge in [0.1, 0.15) is 0 Å². The molecule has 1 heterocycles. The number of nitrogens with zero attached hydrogens (tertiary/aromatic N) is 1. The van der Waals surface area contributed by atoms with Crippen molar-refractivity contribution in [3.8, 4) is 0 Å². The molecule has 2 aromatic rings. The van der Waals surface area contributed by atoms with Gasteiger partial charge in [-0.2, -0.15) is 0 Å². The number of benzene rings is 1. The van der Waals surface area contributed by atoms with E-state index >= 15 is 0 Å². The van der Waals surface area contributed by atoms with Gasteiger partial charge in [-0.15, -0.1) is 0 Å². The number of hydrogen-bond donors (Lipinski definition) is 2. The number of pyridine rings is 1. The fraction of sp³-hybridized carbons (Fsp3) is 0. The van der Waals surface area contributed by atoms with Gasteiger partial charge in [0.05, 0.1) is 11.3 Å². The number of amides is 1. The van der Waals surface area contributed by atoms with Gasteiger partial charge < -0.3 is 0 Å². The average molecular weight is 213 g/mol. The van der Waals surface area contributed by atoms with Gasteiger partial charge in [0.25, 0.3) is 5.91 Å². The van der Waals surface area contributed by atoms with E-state index in [4.69, 9.17) is 0 Å². The fourth-order valence-corrected chi connectivity index (χ4v) is 1.22. The van der Waals surface area contributed by atoms with E-state index in [0.717, 1.165) is 5.69 Å². The van der Waals surface area contributed by atoms with Crippen LogP contribution in [-0.2, 0) is 0 Å². The van der Waals surface area contributed by atoms with Gasteiger partial charge in [-0.3, -0.25) is 20.6 Å². The van der Waals surface area contributed by atoms with Crippen LogP contribution in [0.5, 0.6) is 0 Å². The third-order valence-electron chi connectivity index (χ3n) is 2.02. The molecule has 1 aromatic carbocycles. The molecule has 2 N–H and O–H groups in total. The van der Waals surface area contributed by atoms with Crippen molar-refractivity contribution in [2.45, 2.75) is 0 Å². The summed E-state index contributed by atoms with van der Waals surface area (Å²) in [5.74, 6) is -0.211. The SMILES string of the molecule is O=C(NNc1ccccc1)c1cccnc1. The third kappa shape index (κ3) is 2.57. The lowest BCUT2D eigenvalue weighted by atomic mass is 10.3. The summed E-state index contributed by atoms with van der Waals surface area (Å²) in [6.45, 7) is 0. The number of carbonyl (C=O) groups is 1. The summed E-state index contributed by atoms with van der Waals surface area (Å²) in [5, 5.41) is 0. The number of anilines is 1. The van der Waals surface area contributed by atoms with Crippen molar-refractivity contribution in [3.05, 3.63) is 60.4 Å². The molecule has 1 aromatic heterocycles. The summed E-state index contributed by atoms with van der Waals surface area (Å²) < 4.78 is 0. The number of rotatable bonds is 3. The molecule has 4 heteroatoms. The van der Waals surface area contributed by atoms with E-state index in [1.165, 1.54) is 6.20 Å². The third-order valence-corrected chi connectivity index (χ3v) is 2.02. The Balaban J connectivity index is 1.95. The largest absolute Gasteiger partial charge is 0.298 e. The van der Waals surface area contributed by atoms with E-state index < -0.39 is 0 Å². The Hall–Kier alpha value is -2.36. The molecular formula is C12H11N3O. The van der Waals surface area contributed by atoms with E-state index in [9.17, 15) is 4.79 Å². The predicted octanol–water partition coefficient (Wildman–Crippen LogP) is 1.84. The van der Waals surface area contributed by atoms with Gasteiger partial charge in [0.2, 0.25) is 0 Å². The maximum Gasteiger partial charge on any atom is 0.271 e. The normalized spacial score (nSPS) is 9.50. The van der Waals surface area contributed by atoms with Crippen LogP contribution >= 0.6 is 0 Å². The fourth-order valence-electron chi connectivity index (χ4n) is 1.22. The molecule has 0 aliphatic carbocycles. The first kappa shape index (κ1) is 10.2. The van der Waals surface area contributed by atoms with Crippen molar-refractivity contribution < 1.29 is 4.79 Å². The number of nitrogens with one attached hydrogen (secondary N) is 2. The summed E-state index contributed by atoms with van der Waals surface area (Å²) in [6.07, 6.45) is 3.14. The lowest BCUT2D eigenvalue weighted by Crippen LogP contribution is -2.29. The second-order valence-corrected chi connectivity index (χ2v) is 3.19. The zero-order valence-electron chi connectivity index (χ0n) is 8.55. The topological polar surface area (TPSA) is 54.0 Å². The zero-order chi connectivity index (χ0) is 11.2. The van der Waals surface area contributed by atoms with Crippen molar-refractivity contribution in [2.75, 3.05) is 5.43 Å². The van der Waals surface area contributed by atoms with Crippen LogP contribution in [-0.4, -0.2) is 10.9 Å². The lowest BCUT2D eigenvalue weighted by molar-refractivity contribution is 0.0962. The number of carbonyl (C=O) groups excluding carboxylic acids is 1. The standard InChI is InChI=1S/C12H11N3O/c16-12(10-5-4-8-13-9-10)15-14-11-6-2-1-3-7-11/h1-9,14H,(H,15,16). The van der Waals surface area contributed by atoms with Crippen LogP contribution in [0, 0.1) is 0 Å². The number of hydrogen-bond acceptors (Lipinski definition) is 3. The maximum atomic E-state index is 11.6. The molecule has 0 unspecified atom stereocenters. The monoisotopic (exact) mass is 213 g/mol. The Bertz CT molecular complexity index is 456. The highest BCUT2D eigenvalue weighted by molar-refractivity contribution is 5.94. The minimum Gasteiger partial charge on any atom is -0.298 e. The number of hydrazine groups is 1. The van der Waals surface area contributed by atoms with E-state index in [0.29, 0.717) is 5.56 Å². The molecular weight excluding hydrogens is 202 g/mol. The van der Waals surface area contributed by atoms with Crippen molar-refractivity contribution in [2.24, 2.45) is 0 Å². The maximum absolute atomic E-state index is 11.6. The molecule has 1 amide bonds. The highest BCUT2D eigenvalue weighted by Gasteiger charge is 2.03. The Morgan fingerprint density at radius 3 is 2.56 bits per heavy atom. The first-order valence-electron chi connectivity index (χ1n) is 4.88. The Kier molecular flexibility index (Phi) is 3.13. The number of aromatic nitrogens is 1. The van der Waals surface area contributed by atoms with Crippen LogP contribution in [0.1, 0.15) is 10.4 Å². The van der Waals surface area contributed by atoms with Crippen molar-refractivity contribution in [1.29, 1.82) is 0 Å². The first-order valence-corrected chi connectivity index (χ1v) is 4.88. The molecule has 0 aliphatic heterocycles. The van der Waals surface area contributed by atoms with Crippen molar-refractivity contribution in [1.82, 2.24) is 10.4 Å². The summed E-state index contributed by atoms with van der Waals surface area (Å²) in [4.78, 5) is 15.5. The highest BCUT2D eigenvalue weighted by Crippen LogP contribution is 2.03. The van der Waals surface area contributed by atoms with Gasteiger partial charge in [0.15, 0.2) is 0 Å². The quantitative estimate of drug-likeness (QED) is 0.765. The molecule has 0 spiro atoms. The molecule has 0 saturated heterocycles. The molecule has 16 heavy (non-hydrogen) atoms. The summed E-state index contributed by atoms with van der Waals surface area (Å²) in [7, 11) is 0. The molecule has 0 bridgehead atoms. The Morgan fingerprint density at radius 1 is 1.06 bits per heavy atom. The van der Waals surface area contributed by atoms with Gasteiger partial charge in [-0.25, -0.2) is 0 Å². The van der Waals surface area contributed by atoms with Crippen LogP contribution in [0.25, 0.3) is 0 Å². The van der Waals surface area contributed by atoms with Gasteiger partial charge in [0, 0.05) is 12.4 Å². The van der Waals surface area contributed by atoms with Gasteiger partial charge >= 0.3 is 0 Å². The minimum atomic E-state index is -0.211. The smallest absolute Gasteiger partial charge is 0.271 e.